The molecule has 0 unspecified atom stereocenters. The third-order valence-corrected chi connectivity index (χ3v) is 2.53. The van der Waals surface area contributed by atoms with Crippen LogP contribution in [0.15, 0.2) is 18.2 Å². The van der Waals surface area contributed by atoms with Crippen LogP contribution < -0.4 is 4.74 Å². The third-order valence-electron chi connectivity index (χ3n) is 2.03. The van der Waals surface area contributed by atoms with E-state index in [2.05, 4.69) is 4.98 Å². The summed E-state index contributed by atoms with van der Waals surface area (Å²) in [6, 6.07) is 4.63. The molecule has 0 saturated heterocycles. The molecule has 3 nitrogen and oxygen atoms in total. The number of fused-ring (bicyclic) bond motifs is 1. The van der Waals surface area contributed by atoms with E-state index in [-0.39, 0.29) is 10.9 Å². The van der Waals surface area contributed by atoms with Gasteiger partial charge in [0, 0.05) is 11.5 Å². The van der Waals surface area contributed by atoms with E-state index in [0.717, 1.165) is 0 Å². The molecule has 0 bridgehead atoms. The number of pyridine rings is 1. The molecule has 2 aromatic rings. The first-order chi connectivity index (χ1) is 7.11. The van der Waals surface area contributed by atoms with Gasteiger partial charge in [-0.2, -0.15) is 0 Å². The SMILES string of the molecule is COc1cc2c(Cl)cc(Cl)nc2cc1O. The van der Waals surface area contributed by atoms with Crippen molar-refractivity contribution < 1.29 is 9.84 Å². The molecule has 78 valence electrons. The number of hydrogen-bond acceptors (Lipinski definition) is 3. The van der Waals surface area contributed by atoms with Gasteiger partial charge in [-0.3, -0.25) is 0 Å². The van der Waals surface area contributed by atoms with Gasteiger partial charge in [0.15, 0.2) is 11.5 Å². The lowest BCUT2D eigenvalue weighted by Gasteiger charge is -2.06. The zero-order chi connectivity index (χ0) is 11.0. The number of aromatic nitrogens is 1. The summed E-state index contributed by atoms with van der Waals surface area (Å²) in [5.41, 5.74) is 0.533. The summed E-state index contributed by atoms with van der Waals surface area (Å²) in [6.45, 7) is 0. The Morgan fingerprint density at radius 3 is 2.67 bits per heavy atom. The van der Waals surface area contributed by atoms with Crippen molar-refractivity contribution in [3.8, 4) is 11.5 Å². The van der Waals surface area contributed by atoms with E-state index in [1.165, 1.54) is 13.2 Å². The fourth-order valence-corrected chi connectivity index (χ4v) is 1.85. The molecule has 0 saturated carbocycles. The molecular weight excluding hydrogens is 237 g/mol. The first-order valence-corrected chi connectivity index (χ1v) is 4.90. The highest BCUT2D eigenvalue weighted by Gasteiger charge is 2.08. The Morgan fingerprint density at radius 2 is 2.00 bits per heavy atom. The molecule has 0 spiro atoms. The van der Waals surface area contributed by atoms with Crippen molar-refractivity contribution in [2.24, 2.45) is 0 Å². The number of nitrogens with zero attached hydrogens (tertiary/aromatic N) is 1. The maximum absolute atomic E-state index is 9.54. The molecule has 0 aliphatic carbocycles. The summed E-state index contributed by atoms with van der Waals surface area (Å²) in [6.07, 6.45) is 0. The summed E-state index contributed by atoms with van der Waals surface area (Å²) >= 11 is 11.7. The molecular formula is C10H7Cl2NO2. The smallest absolute Gasteiger partial charge is 0.161 e. The Balaban J connectivity index is 2.81. The summed E-state index contributed by atoms with van der Waals surface area (Å²) in [5.74, 6) is 0.365. The second-order valence-electron chi connectivity index (χ2n) is 2.97. The minimum Gasteiger partial charge on any atom is -0.504 e. The van der Waals surface area contributed by atoms with Crippen molar-refractivity contribution in [1.29, 1.82) is 0 Å². The topological polar surface area (TPSA) is 42.4 Å². The molecule has 1 aromatic heterocycles. The molecule has 0 aliphatic rings. The number of hydrogen-bond donors (Lipinski definition) is 1. The Hall–Kier alpha value is -1.19. The fourth-order valence-electron chi connectivity index (χ4n) is 1.33. The standard InChI is InChI=1S/C10H7Cl2NO2/c1-15-9-2-5-6(11)3-10(12)13-7(5)4-8(9)14/h2-4,14H,1H3. The van der Waals surface area contributed by atoms with Crippen molar-refractivity contribution >= 4 is 34.1 Å². The molecule has 15 heavy (non-hydrogen) atoms. The molecule has 5 heteroatoms. The van der Waals surface area contributed by atoms with Crippen LogP contribution in [-0.2, 0) is 0 Å². The number of phenolic OH excluding ortho intramolecular Hbond substituents is 1. The van der Waals surface area contributed by atoms with Crippen LogP contribution in [0.1, 0.15) is 0 Å². The number of phenols is 1. The summed E-state index contributed by atoms with van der Waals surface area (Å²) in [5, 5.41) is 11.0. The van der Waals surface area contributed by atoms with Gasteiger partial charge >= 0.3 is 0 Å². The molecule has 1 aromatic carbocycles. The van der Waals surface area contributed by atoms with Gasteiger partial charge in [-0.25, -0.2) is 4.98 Å². The maximum atomic E-state index is 9.54. The molecule has 0 amide bonds. The number of methoxy groups -OCH3 is 1. The van der Waals surface area contributed by atoms with E-state index in [1.54, 1.807) is 12.1 Å². The van der Waals surface area contributed by atoms with Crippen LogP contribution in [0.25, 0.3) is 10.9 Å². The van der Waals surface area contributed by atoms with E-state index in [0.29, 0.717) is 21.7 Å². The normalized spacial score (nSPS) is 10.6. The second kappa shape index (κ2) is 3.76. The van der Waals surface area contributed by atoms with Crippen LogP contribution in [0.5, 0.6) is 11.5 Å². The zero-order valence-electron chi connectivity index (χ0n) is 7.79. The minimum absolute atomic E-state index is 0.0100. The summed E-state index contributed by atoms with van der Waals surface area (Å²) < 4.78 is 4.97. The third kappa shape index (κ3) is 1.80. The Morgan fingerprint density at radius 1 is 1.27 bits per heavy atom. The predicted octanol–water partition coefficient (Wildman–Crippen LogP) is 3.26. The Bertz CT molecular complexity index is 528. The maximum Gasteiger partial charge on any atom is 0.161 e. The predicted molar refractivity (Wildman–Crippen MR) is 60.0 cm³/mol. The number of rotatable bonds is 1. The van der Waals surface area contributed by atoms with Gasteiger partial charge in [0.25, 0.3) is 0 Å². The number of halogens is 2. The molecule has 0 radical (unpaired) electrons. The van der Waals surface area contributed by atoms with E-state index < -0.39 is 0 Å². The van der Waals surface area contributed by atoms with Gasteiger partial charge in [-0.1, -0.05) is 23.2 Å². The van der Waals surface area contributed by atoms with E-state index in [1.807, 2.05) is 0 Å². The minimum atomic E-state index is 0.0100. The van der Waals surface area contributed by atoms with Crippen molar-refractivity contribution in [2.45, 2.75) is 0 Å². The highest BCUT2D eigenvalue weighted by Crippen LogP contribution is 2.34. The quantitative estimate of drug-likeness (QED) is 0.783. The van der Waals surface area contributed by atoms with Crippen LogP contribution >= 0.6 is 23.2 Å². The first-order valence-electron chi connectivity index (χ1n) is 4.14. The number of aromatic hydroxyl groups is 1. The average molecular weight is 244 g/mol. The van der Waals surface area contributed by atoms with E-state index >= 15 is 0 Å². The van der Waals surface area contributed by atoms with Crippen molar-refractivity contribution in [1.82, 2.24) is 4.98 Å². The van der Waals surface area contributed by atoms with Gasteiger partial charge in [0.05, 0.1) is 17.6 Å². The van der Waals surface area contributed by atoms with Gasteiger partial charge in [-0.05, 0) is 12.1 Å². The monoisotopic (exact) mass is 243 g/mol. The second-order valence-corrected chi connectivity index (χ2v) is 3.76. The van der Waals surface area contributed by atoms with Gasteiger partial charge in [0.1, 0.15) is 5.15 Å². The fraction of sp³-hybridized carbons (Fsp3) is 0.100. The van der Waals surface area contributed by atoms with E-state index in [9.17, 15) is 5.11 Å². The van der Waals surface area contributed by atoms with Crippen molar-refractivity contribution in [2.75, 3.05) is 7.11 Å². The van der Waals surface area contributed by atoms with Crippen LogP contribution in [0.4, 0.5) is 0 Å². The zero-order valence-corrected chi connectivity index (χ0v) is 9.30. The lowest BCUT2D eigenvalue weighted by Crippen LogP contribution is -1.87. The van der Waals surface area contributed by atoms with Crippen molar-refractivity contribution in [3.63, 3.8) is 0 Å². The van der Waals surface area contributed by atoms with Crippen LogP contribution in [-0.4, -0.2) is 17.2 Å². The van der Waals surface area contributed by atoms with Crippen LogP contribution in [0.2, 0.25) is 10.2 Å². The lowest BCUT2D eigenvalue weighted by molar-refractivity contribution is 0.374. The largest absolute Gasteiger partial charge is 0.504 e. The average Bonchev–Trinajstić information content (AvgIpc) is 2.16. The van der Waals surface area contributed by atoms with Crippen LogP contribution in [0.3, 0.4) is 0 Å². The molecule has 1 heterocycles. The number of ether oxygens (including phenoxy) is 1. The first kappa shape index (κ1) is 10.3. The Labute approximate surface area is 96.2 Å². The molecule has 2 rings (SSSR count). The molecule has 1 N–H and O–H groups in total. The molecule has 0 fully saturated rings. The van der Waals surface area contributed by atoms with E-state index in [4.69, 9.17) is 27.9 Å². The van der Waals surface area contributed by atoms with Crippen LogP contribution in [0, 0.1) is 0 Å². The van der Waals surface area contributed by atoms with Gasteiger partial charge in [-0.15, -0.1) is 0 Å². The van der Waals surface area contributed by atoms with Crippen molar-refractivity contribution in [3.05, 3.63) is 28.4 Å². The lowest BCUT2D eigenvalue weighted by atomic mass is 10.2. The Kier molecular flexibility index (Phi) is 2.59. The van der Waals surface area contributed by atoms with Gasteiger partial charge < -0.3 is 9.84 Å². The summed E-state index contributed by atoms with van der Waals surface area (Å²) in [7, 11) is 1.47. The van der Waals surface area contributed by atoms with Gasteiger partial charge in [0.2, 0.25) is 0 Å². The molecule has 0 aliphatic heterocycles. The number of benzene rings is 1. The highest BCUT2D eigenvalue weighted by atomic mass is 35.5. The summed E-state index contributed by atoms with van der Waals surface area (Å²) in [4.78, 5) is 4.04. The molecule has 0 atom stereocenters. The highest BCUT2D eigenvalue weighted by molar-refractivity contribution is 6.37.